The number of fused-ring (bicyclic) bond motifs is 1. The maximum absolute atomic E-state index is 13.8. The Labute approximate surface area is 217 Å². The minimum absolute atomic E-state index is 0.00464. The third-order valence-corrected chi connectivity index (χ3v) is 7.55. The fourth-order valence-electron chi connectivity index (χ4n) is 3.59. The molecule has 14 heteroatoms. The van der Waals surface area contributed by atoms with E-state index in [0.29, 0.717) is 13.8 Å². The van der Waals surface area contributed by atoms with Crippen molar-refractivity contribution in [2.24, 2.45) is 0 Å². The molecule has 1 heterocycles. The van der Waals surface area contributed by atoms with Crippen LogP contribution >= 0.6 is 0 Å². The van der Waals surface area contributed by atoms with E-state index in [-0.39, 0.29) is 47.2 Å². The normalized spacial score (nSPS) is 15.8. The number of nitrogens with zero attached hydrogens (tertiary/aromatic N) is 1. The number of hydrogen-bond acceptors (Lipinski definition) is 7. The van der Waals surface area contributed by atoms with Crippen LogP contribution in [0, 0.1) is 6.92 Å². The third kappa shape index (κ3) is 6.23. The second kappa shape index (κ2) is 10.6. The molecular weight excluding hydrogens is 533 g/mol. The number of nitrogens with one attached hydrogen (secondary N) is 1. The van der Waals surface area contributed by atoms with Crippen LogP contribution in [0.25, 0.3) is 0 Å². The summed E-state index contributed by atoms with van der Waals surface area (Å²) in [5.41, 5.74) is -2.11. The van der Waals surface area contributed by atoms with Gasteiger partial charge in [0.05, 0.1) is 19.3 Å². The highest BCUT2D eigenvalue weighted by Gasteiger charge is 2.51. The number of amides is 1. The van der Waals surface area contributed by atoms with Crippen molar-refractivity contribution in [3.63, 3.8) is 0 Å². The SMILES string of the molecule is COc1cc(C)ccc1S(=O)(=O)N1CC(CCC(=O)O)Oc2ccc(NC(=O)OC(C)(C)C(F)(F)F)cc21. The summed E-state index contributed by atoms with van der Waals surface area (Å²) >= 11 is 0. The molecular formula is C24H27F3N2O8S. The molecule has 208 valence electrons. The Morgan fingerprint density at radius 2 is 1.87 bits per heavy atom. The average molecular weight is 561 g/mol. The summed E-state index contributed by atoms with van der Waals surface area (Å²) in [6.07, 6.45) is -7.32. The van der Waals surface area contributed by atoms with Crippen LogP contribution in [0.5, 0.6) is 11.5 Å². The monoisotopic (exact) mass is 560 g/mol. The molecule has 0 spiro atoms. The highest BCUT2D eigenvalue weighted by Crippen LogP contribution is 2.41. The number of benzene rings is 2. The molecule has 1 aliphatic heterocycles. The van der Waals surface area contributed by atoms with Crippen LogP contribution < -0.4 is 19.1 Å². The van der Waals surface area contributed by atoms with Crippen molar-refractivity contribution in [3.05, 3.63) is 42.0 Å². The summed E-state index contributed by atoms with van der Waals surface area (Å²) in [4.78, 5) is 23.1. The van der Waals surface area contributed by atoms with E-state index in [1.54, 1.807) is 13.0 Å². The smallest absolute Gasteiger partial charge is 0.427 e. The summed E-state index contributed by atoms with van der Waals surface area (Å²) in [6.45, 7) is 2.86. The largest absolute Gasteiger partial charge is 0.495 e. The lowest BCUT2D eigenvalue weighted by Gasteiger charge is -2.36. The lowest BCUT2D eigenvalue weighted by Crippen LogP contribution is -2.44. The van der Waals surface area contributed by atoms with Gasteiger partial charge in [0.15, 0.2) is 0 Å². The summed E-state index contributed by atoms with van der Waals surface area (Å²) in [7, 11) is -3.00. The van der Waals surface area contributed by atoms with Gasteiger partial charge >= 0.3 is 18.2 Å². The number of rotatable bonds is 8. The fourth-order valence-corrected chi connectivity index (χ4v) is 5.23. The number of carboxylic acid groups (broad SMARTS) is 1. The number of aliphatic carboxylic acids is 1. The number of methoxy groups -OCH3 is 1. The maximum atomic E-state index is 13.8. The van der Waals surface area contributed by atoms with Gasteiger partial charge in [0.25, 0.3) is 10.0 Å². The molecule has 0 aliphatic carbocycles. The molecule has 0 aromatic heterocycles. The predicted molar refractivity (Wildman–Crippen MR) is 130 cm³/mol. The second-order valence-electron chi connectivity index (χ2n) is 9.07. The van der Waals surface area contributed by atoms with Crippen molar-refractivity contribution >= 4 is 33.5 Å². The van der Waals surface area contributed by atoms with Gasteiger partial charge in [-0.05, 0) is 63.1 Å². The van der Waals surface area contributed by atoms with Crippen molar-refractivity contribution in [3.8, 4) is 11.5 Å². The van der Waals surface area contributed by atoms with Crippen molar-refractivity contribution in [2.75, 3.05) is 23.3 Å². The fraction of sp³-hybridized carbons (Fsp3) is 0.417. The number of anilines is 2. The molecule has 0 radical (unpaired) electrons. The van der Waals surface area contributed by atoms with Crippen LogP contribution in [0.15, 0.2) is 41.3 Å². The Bertz CT molecular complexity index is 1330. The van der Waals surface area contributed by atoms with E-state index in [2.05, 4.69) is 10.1 Å². The first-order chi connectivity index (χ1) is 17.5. The highest BCUT2D eigenvalue weighted by molar-refractivity contribution is 7.93. The molecule has 1 unspecified atom stereocenters. The molecule has 0 saturated carbocycles. The second-order valence-corrected chi connectivity index (χ2v) is 10.9. The standard InChI is InChI=1S/C24H27F3N2O8S/c1-14-5-9-20(19(11-14)35-4)38(33,34)29-13-16(7-10-21(30)31)36-18-8-6-15(12-17(18)29)28-22(32)37-23(2,3)24(25,26)27/h5-6,8-9,11-12,16H,7,10,13H2,1-4H3,(H,28,32)(H,30,31). The van der Waals surface area contributed by atoms with Gasteiger partial charge in [0.1, 0.15) is 22.5 Å². The van der Waals surface area contributed by atoms with E-state index in [4.69, 9.17) is 14.6 Å². The van der Waals surface area contributed by atoms with Crippen LogP contribution in [-0.2, 0) is 19.6 Å². The van der Waals surface area contributed by atoms with E-state index in [1.165, 1.54) is 37.4 Å². The quantitative estimate of drug-likeness (QED) is 0.475. The van der Waals surface area contributed by atoms with Gasteiger partial charge < -0.3 is 19.3 Å². The molecule has 0 saturated heterocycles. The number of sulfonamides is 1. The third-order valence-electron chi connectivity index (χ3n) is 5.74. The van der Waals surface area contributed by atoms with Crippen LogP contribution in [0.2, 0.25) is 0 Å². The minimum atomic E-state index is -4.82. The van der Waals surface area contributed by atoms with Crippen molar-refractivity contribution < 1.29 is 50.5 Å². The minimum Gasteiger partial charge on any atom is -0.495 e. The molecule has 1 amide bonds. The Balaban J connectivity index is 2.01. The summed E-state index contributed by atoms with van der Waals surface area (Å²) < 4.78 is 83.5. The number of carbonyl (C=O) groups excluding carboxylic acids is 1. The number of halogens is 3. The summed E-state index contributed by atoms with van der Waals surface area (Å²) in [6, 6.07) is 8.30. The predicted octanol–water partition coefficient (Wildman–Crippen LogP) is 4.71. The van der Waals surface area contributed by atoms with Crippen molar-refractivity contribution in [1.29, 1.82) is 0 Å². The van der Waals surface area contributed by atoms with Gasteiger partial charge in [0.2, 0.25) is 5.60 Å². The molecule has 1 aliphatic rings. The first kappa shape index (κ1) is 28.9. The Morgan fingerprint density at radius 3 is 2.47 bits per heavy atom. The molecule has 10 nitrogen and oxygen atoms in total. The van der Waals surface area contributed by atoms with Crippen LogP contribution in [-0.4, -0.2) is 57.1 Å². The van der Waals surface area contributed by atoms with Gasteiger partial charge in [-0.25, -0.2) is 13.2 Å². The molecule has 3 rings (SSSR count). The molecule has 0 fully saturated rings. The highest BCUT2D eigenvalue weighted by atomic mass is 32.2. The van der Waals surface area contributed by atoms with Gasteiger partial charge in [-0.2, -0.15) is 13.2 Å². The summed E-state index contributed by atoms with van der Waals surface area (Å²) in [5.74, 6) is -0.947. The first-order valence-corrected chi connectivity index (χ1v) is 12.8. The molecule has 0 bridgehead atoms. The van der Waals surface area contributed by atoms with Crippen molar-refractivity contribution in [2.45, 2.75) is 56.4 Å². The zero-order chi connectivity index (χ0) is 28.5. The Kier molecular flexibility index (Phi) is 8.05. The Hall–Kier alpha value is -3.68. The maximum Gasteiger partial charge on any atom is 0.427 e. The van der Waals surface area contributed by atoms with Gasteiger partial charge in [-0.15, -0.1) is 0 Å². The van der Waals surface area contributed by atoms with E-state index >= 15 is 0 Å². The van der Waals surface area contributed by atoms with Gasteiger partial charge in [-0.3, -0.25) is 14.4 Å². The lowest BCUT2D eigenvalue weighted by molar-refractivity contribution is -0.242. The molecule has 2 N–H and O–H groups in total. The van der Waals surface area contributed by atoms with E-state index in [9.17, 15) is 31.2 Å². The van der Waals surface area contributed by atoms with E-state index in [1.807, 2.05) is 0 Å². The average Bonchev–Trinajstić information content (AvgIpc) is 2.80. The number of carboxylic acids is 1. The van der Waals surface area contributed by atoms with Gasteiger partial charge in [0, 0.05) is 12.1 Å². The molecule has 38 heavy (non-hydrogen) atoms. The Morgan fingerprint density at radius 1 is 1.18 bits per heavy atom. The first-order valence-electron chi connectivity index (χ1n) is 11.3. The van der Waals surface area contributed by atoms with Crippen LogP contribution in [0.4, 0.5) is 29.3 Å². The zero-order valence-corrected chi connectivity index (χ0v) is 21.8. The number of hydrogen-bond donors (Lipinski definition) is 2. The molecule has 1 atom stereocenters. The molecule has 2 aromatic rings. The zero-order valence-electron chi connectivity index (χ0n) is 21.0. The van der Waals surface area contributed by atoms with Crippen molar-refractivity contribution in [1.82, 2.24) is 0 Å². The topological polar surface area (TPSA) is 131 Å². The number of ether oxygens (including phenoxy) is 3. The summed E-state index contributed by atoms with van der Waals surface area (Å²) in [5, 5.41) is 11.2. The number of aryl methyl sites for hydroxylation is 1. The van der Waals surface area contributed by atoms with Crippen LogP contribution in [0.1, 0.15) is 32.3 Å². The van der Waals surface area contributed by atoms with E-state index in [0.717, 1.165) is 9.87 Å². The number of alkyl halides is 3. The van der Waals surface area contributed by atoms with Crippen LogP contribution in [0.3, 0.4) is 0 Å². The lowest BCUT2D eigenvalue weighted by atomic mass is 10.1. The number of carbonyl (C=O) groups is 2. The van der Waals surface area contributed by atoms with E-state index < -0.39 is 40.0 Å². The van der Waals surface area contributed by atoms with Gasteiger partial charge in [-0.1, -0.05) is 6.07 Å². The molecule has 2 aromatic carbocycles.